The van der Waals surface area contributed by atoms with Gasteiger partial charge in [-0.05, 0) is 23.6 Å². The third-order valence-electron chi connectivity index (χ3n) is 1.78. The highest BCUT2D eigenvalue weighted by atomic mass is 35.5. The molecule has 0 aliphatic carbocycles. The molecule has 1 aromatic carbocycles. The molecule has 4 heteroatoms. The van der Waals surface area contributed by atoms with Crippen LogP contribution in [0.4, 0.5) is 5.00 Å². The molecule has 0 unspecified atom stereocenters. The Balaban J connectivity index is 2.79. The molecule has 0 saturated carbocycles. The fraction of sp³-hybridized carbons (Fsp3) is 0. The number of hydrogen-bond acceptors (Lipinski definition) is 3. The topological polar surface area (TPSA) is 43.1 Å². The molecule has 1 aromatic heterocycles. The Morgan fingerprint density at radius 3 is 2.85 bits per heavy atom. The van der Waals surface area contributed by atoms with E-state index in [9.17, 15) is 4.79 Å². The normalized spacial score (nSPS) is 10.5. The van der Waals surface area contributed by atoms with E-state index in [1.807, 2.05) is 6.07 Å². The van der Waals surface area contributed by atoms with Gasteiger partial charge in [0.2, 0.25) is 0 Å². The van der Waals surface area contributed by atoms with Crippen molar-refractivity contribution in [2.75, 3.05) is 5.73 Å². The summed E-state index contributed by atoms with van der Waals surface area (Å²) in [4.78, 5) is 10.6. The molecule has 2 nitrogen and oxygen atoms in total. The highest BCUT2D eigenvalue weighted by Gasteiger charge is 2.04. The van der Waals surface area contributed by atoms with Crippen LogP contribution < -0.4 is 5.73 Å². The maximum Gasteiger partial charge on any atom is 0.151 e. The summed E-state index contributed by atoms with van der Waals surface area (Å²) in [5, 5.41) is 2.17. The quantitative estimate of drug-likeness (QED) is 0.737. The fourth-order valence-corrected chi connectivity index (χ4v) is 2.32. The molecule has 0 amide bonds. The number of rotatable bonds is 1. The number of carbonyl (C=O) groups excluding carboxylic acids is 1. The standard InChI is InChI=1S/C9H6ClNOS/c10-7-3-8-5(1-6(7)4-12)2-9(11)13-8/h1-4H,11H2. The van der Waals surface area contributed by atoms with Crippen molar-refractivity contribution in [3.63, 3.8) is 0 Å². The first-order chi connectivity index (χ1) is 6.20. The zero-order valence-corrected chi connectivity index (χ0v) is 8.15. The predicted molar refractivity (Wildman–Crippen MR) is 56.6 cm³/mol. The monoisotopic (exact) mass is 211 g/mol. The number of thiophene rings is 1. The molecule has 0 spiro atoms. The first kappa shape index (κ1) is 8.53. The van der Waals surface area contributed by atoms with Crippen molar-refractivity contribution in [2.45, 2.75) is 0 Å². The second kappa shape index (κ2) is 3.01. The summed E-state index contributed by atoms with van der Waals surface area (Å²) in [5.74, 6) is 0. The average Bonchev–Trinajstić information content (AvgIpc) is 2.42. The minimum atomic E-state index is 0.476. The van der Waals surface area contributed by atoms with Crippen molar-refractivity contribution >= 4 is 44.3 Å². The van der Waals surface area contributed by atoms with Gasteiger partial charge in [-0.25, -0.2) is 0 Å². The Morgan fingerprint density at radius 2 is 2.15 bits per heavy atom. The molecule has 2 aromatic rings. The maximum atomic E-state index is 10.6. The summed E-state index contributed by atoms with van der Waals surface area (Å²) in [6.07, 6.45) is 0.746. The van der Waals surface area contributed by atoms with Crippen LogP contribution in [0.25, 0.3) is 10.1 Å². The largest absolute Gasteiger partial charge is 0.391 e. The number of anilines is 1. The lowest BCUT2D eigenvalue weighted by molar-refractivity contribution is 0.112. The van der Waals surface area contributed by atoms with Gasteiger partial charge in [0.25, 0.3) is 0 Å². The van der Waals surface area contributed by atoms with Crippen molar-refractivity contribution in [1.82, 2.24) is 0 Å². The van der Waals surface area contributed by atoms with E-state index in [0.29, 0.717) is 10.6 Å². The van der Waals surface area contributed by atoms with Gasteiger partial charge in [-0.2, -0.15) is 0 Å². The Bertz CT molecular complexity index is 478. The van der Waals surface area contributed by atoms with Crippen LogP contribution in [0.3, 0.4) is 0 Å². The maximum absolute atomic E-state index is 10.6. The SMILES string of the molecule is Nc1cc2cc(C=O)c(Cl)cc2s1. The van der Waals surface area contributed by atoms with Crippen LogP contribution in [0.1, 0.15) is 10.4 Å². The minimum absolute atomic E-state index is 0.476. The van der Waals surface area contributed by atoms with Crippen LogP contribution in [-0.2, 0) is 0 Å². The molecule has 0 radical (unpaired) electrons. The number of benzene rings is 1. The van der Waals surface area contributed by atoms with Crippen LogP contribution in [0.15, 0.2) is 18.2 Å². The van der Waals surface area contributed by atoms with Crippen LogP contribution in [0.5, 0.6) is 0 Å². The lowest BCUT2D eigenvalue weighted by atomic mass is 10.2. The molecule has 0 aliphatic heterocycles. The molecule has 0 aliphatic rings. The van der Waals surface area contributed by atoms with E-state index in [-0.39, 0.29) is 0 Å². The van der Waals surface area contributed by atoms with Crippen LogP contribution in [0.2, 0.25) is 5.02 Å². The lowest BCUT2D eigenvalue weighted by Gasteiger charge is -1.94. The van der Waals surface area contributed by atoms with Crippen LogP contribution in [0, 0.1) is 0 Å². The highest BCUT2D eigenvalue weighted by molar-refractivity contribution is 7.22. The number of fused-ring (bicyclic) bond motifs is 1. The van der Waals surface area contributed by atoms with Crippen molar-refractivity contribution < 1.29 is 4.79 Å². The van der Waals surface area contributed by atoms with Crippen molar-refractivity contribution in [2.24, 2.45) is 0 Å². The van der Waals surface area contributed by atoms with E-state index < -0.39 is 0 Å². The second-order valence-corrected chi connectivity index (χ2v) is 4.20. The molecule has 13 heavy (non-hydrogen) atoms. The molecule has 0 saturated heterocycles. The number of carbonyl (C=O) groups is 1. The van der Waals surface area contributed by atoms with Gasteiger partial charge in [0.1, 0.15) is 0 Å². The summed E-state index contributed by atoms with van der Waals surface area (Å²) in [7, 11) is 0. The summed E-state index contributed by atoms with van der Waals surface area (Å²) in [6, 6.07) is 5.35. The van der Waals surface area contributed by atoms with Crippen molar-refractivity contribution in [1.29, 1.82) is 0 Å². The number of nitrogen functional groups attached to an aromatic ring is 1. The van der Waals surface area contributed by atoms with E-state index in [2.05, 4.69) is 0 Å². The van der Waals surface area contributed by atoms with E-state index in [0.717, 1.165) is 21.4 Å². The van der Waals surface area contributed by atoms with E-state index in [1.54, 1.807) is 12.1 Å². The molecule has 1 heterocycles. The first-order valence-electron chi connectivity index (χ1n) is 3.64. The smallest absolute Gasteiger partial charge is 0.151 e. The van der Waals surface area contributed by atoms with E-state index in [4.69, 9.17) is 17.3 Å². The lowest BCUT2D eigenvalue weighted by Crippen LogP contribution is -1.79. The molecular formula is C9H6ClNOS. The second-order valence-electron chi connectivity index (χ2n) is 2.68. The van der Waals surface area contributed by atoms with Crippen molar-refractivity contribution in [3.05, 3.63) is 28.8 Å². The Hall–Kier alpha value is -1.06. The van der Waals surface area contributed by atoms with Crippen molar-refractivity contribution in [3.8, 4) is 0 Å². The summed E-state index contributed by atoms with van der Waals surface area (Å²) in [5.41, 5.74) is 6.13. The zero-order chi connectivity index (χ0) is 9.42. The predicted octanol–water partition coefficient (Wildman–Crippen LogP) is 2.95. The molecule has 0 atom stereocenters. The number of aldehydes is 1. The van der Waals surface area contributed by atoms with Gasteiger partial charge in [0, 0.05) is 10.3 Å². The van der Waals surface area contributed by atoms with E-state index >= 15 is 0 Å². The van der Waals surface area contributed by atoms with Gasteiger partial charge in [-0.15, -0.1) is 11.3 Å². The first-order valence-corrected chi connectivity index (χ1v) is 4.84. The molecule has 0 fully saturated rings. The fourth-order valence-electron chi connectivity index (χ4n) is 1.19. The van der Waals surface area contributed by atoms with Gasteiger partial charge in [0.05, 0.1) is 10.0 Å². The molecular weight excluding hydrogens is 206 g/mol. The van der Waals surface area contributed by atoms with Gasteiger partial charge < -0.3 is 5.73 Å². The van der Waals surface area contributed by atoms with Gasteiger partial charge in [-0.3, -0.25) is 4.79 Å². The van der Waals surface area contributed by atoms with Crippen LogP contribution in [-0.4, -0.2) is 6.29 Å². The summed E-state index contributed by atoms with van der Waals surface area (Å²) < 4.78 is 1.01. The Labute approximate surface area is 83.9 Å². The zero-order valence-electron chi connectivity index (χ0n) is 6.58. The number of nitrogens with two attached hydrogens (primary N) is 1. The third kappa shape index (κ3) is 1.41. The van der Waals surface area contributed by atoms with Crippen LogP contribution >= 0.6 is 22.9 Å². The highest BCUT2D eigenvalue weighted by Crippen LogP contribution is 2.31. The molecule has 2 N–H and O–H groups in total. The summed E-state index contributed by atoms with van der Waals surface area (Å²) in [6.45, 7) is 0. The summed E-state index contributed by atoms with van der Waals surface area (Å²) >= 11 is 7.31. The third-order valence-corrected chi connectivity index (χ3v) is 3.04. The Kier molecular flexibility index (Phi) is 1.98. The van der Waals surface area contributed by atoms with Gasteiger partial charge in [0.15, 0.2) is 6.29 Å². The Morgan fingerprint density at radius 1 is 1.38 bits per heavy atom. The molecule has 66 valence electrons. The van der Waals surface area contributed by atoms with Gasteiger partial charge >= 0.3 is 0 Å². The number of hydrogen-bond donors (Lipinski definition) is 1. The number of halogens is 1. The minimum Gasteiger partial charge on any atom is -0.391 e. The molecule has 2 rings (SSSR count). The van der Waals surface area contributed by atoms with E-state index in [1.165, 1.54) is 11.3 Å². The molecule has 0 bridgehead atoms. The average molecular weight is 212 g/mol. The van der Waals surface area contributed by atoms with Gasteiger partial charge in [-0.1, -0.05) is 11.6 Å².